The highest BCUT2D eigenvalue weighted by Gasteiger charge is 2.51. The van der Waals surface area contributed by atoms with Gasteiger partial charge < -0.3 is 15.1 Å². The molecule has 1 saturated heterocycles. The molecule has 1 amide bonds. The summed E-state index contributed by atoms with van der Waals surface area (Å²) in [6.45, 7) is 8.93. The monoisotopic (exact) mass is 583 g/mol. The van der Waals surface area contributed by atoms with Crippen LogP contribution in [0.3, 0.4) is 0 Å². The van der Waals surface area contributed by atoms with E-state index in [0.717, 1.165) is 5.56 Å². The zero-order valence-electron chi connectivity index (χ0n) is 24.0. The molecular weight excluding hydrogens is 552 g/mol. The van der Waals surface area contributed by atoms with Crippen molar-refractivity contribution in [3.05, 3.63) is 82.6 Å². The fraction of sp³-hybridized carbons (Fsp3) is 0.344. The number of hydrogen-bond donors (Lipinski definition) is 1. The number of nitrogens with one attached hydrogen (secondary N) is 1. The summed E-state index contributed by atoms with van der Waals surface area (Å²) in [7, 11) is 0. The largest absolute Gasteiger partial charge is 0.384 e. The summed E-state index contributed by atoms with van der Waals surface area (Å²) < 4.78 is 33.0. The molecule has 1 aromatic carbocycles. The topological polar surface area (TPSA) is 96.3 Å². The molecule has 7 rings (SSSR count). The van der Waals surface area contributed by atoms with Gasteiger partial charge in [0.15, 0.2) is 11.5 Å². The van der Waals surface area contributed by atoms with Gasteiger partial charge in [-0.2, -0.15) is 4.98 Å². The number of halogens is 2. The molecule has 0 unspecified atom stereocenters. The molecule has 1 aliphatic carbocycles. The van der Waals surface area contributed by atoms with E-state index in [1.807, 2.05) is 24.8 Å². The van der Waals surface area contributed by atoms with E-state index in [-0.39, 0.29) is 40.8 Å². The Morgan fingerprint density at radius 1 is 1.14 bits per heavy atom. The van der Waals surface area contributed by atoms with Crippen LogP contribution in [0.4, 0.5) is 20.3 Å². The fourth-order valence-electron chi connectivity index (χ4n) is 6.55. The normalized spacial score (nSPS) is 19.2. The van der Waals surface area contributed by atoms with E-state index >= 15 is 8.78 Å². The van der Waals surface area contributed by atoms with Gasteiger partial charge in [-0.15, -0.1) is 0 Å². The molecule has 0 radical (unpaired) electrons. The Morgan fingerprint density at radius 3 is 2.77 bits per heavy atom. The maximum Gasteiger partial charge on any atom is 0.355 e. The number of nitrogens with zero attached hydrogens (tertiary/aromatic N) is 6. The highest BCUT2D eigenvalue weighted by Crippen LogP contribution is 2.42. The highest BCUT2D eigenvalue weighted by atomic mass is 19.1. The van der Waals surface area contributed by atoms with Gasteiger partial charge in [0.2, 0.25) is 5.91 Å². The zero-order chi connectivity index (χ0) is 30.0. The average Bonchev–Trinajstić information content (AvgIpc) is 3.79. The quantitative estimate of drug-likeness (QED) is 0.353. The molecule has 5 heterocycles. The van der Waals surface area contributed by atoms with E-state index in [4.69, 9.17) is 4.98 Å². The van der Waals surface area contributed by atoms with Crippen molar-refractivity contribution in [2.45, 2.75) is 51.1 Å². The number of hydrogen-bond acceptors (Lipinski definition) is 7. The number of amides is 1. The summed E-state index contributed by atoms with van der Waals surface area (Å²) in [4.78, 5) is 44.2. The first-order chi connectivity index (χ1) is 20.8. The van der Waals surface area contributed by atoms with E-state index in [1.54, 1.807) is 23.2 Å². The lowest BCUT2D eigenvalue weighted by Crippen LogP contribution is -2.49. The van der Waals surface area contributed by atoms with E-state index in [9.17, 15) is 9.59 Å². The summed E-state index contributed by atoms with van der Waals surface area (Å²) >= 11 is 0. The standard InChI is InChI=1S/C32H31F2N7O2/c1-4-25(42)39-13-14-40(24-16-23(24)39)30-19-15-21(34)28-26-20(33)8-5-9-22(26)35-11-6-7-18-10-12-36-27(17(2)3)29(18)41(31(19)37-28)32(43)38-30/h4-5,8-10,12,15,17,23-24,35H,1,6-7,11,13-14,16H2,2-3H3/t23-,24+/m0/s1. The molecule has 4 aromatic rings. The van der Waals surface area contributed by atoms with E-state index in [2.05, 4.69) is 21.9 Å². The summed E-state index contributed by atoms with van der Waals surface area (Å²) in [6.07, 6.45) is 5.03. The lowest BCUT2D eigenvalue weighted by Gasteiger charge is -2.35. The van der Waals surface area contributed by atoms with Crippen LogP contribution in [0, 0.1) is 11.6 Å². The summed E-state index contributed by atoms with van der Waals surface area (Å²) in [5, 5.41) is 3.60. The zero-order valence-corrected chi connectivity index (χ0v) is 24.0. The first-order valence-electron chi connectivity index (χ1n) is 14.6. The van der Waals surface area contributed by atoms with Crippen molar-refractivity contribution in [1.82, 2.24) is 24.4 Å². The van der Waals surface area contributed by atoms with Gasteiger partial charge in [-0.05, 0) is 61.1 Å². The molecule has 2 atom stereocenters. The molecule has 0 spiro atoms. The molecule has 1 N–H and O–H groups in total. The molecule has 220 valence electrons. The van der Waals surface area contributed by atoms with Crippen LogP contribution in [-0.4, -0.2) is 62.0 Å². The molecule has 1 saturated carbocycles. The van der Waals surface area contributed by atoms with E-state index in [1.165, 1.54) is 22.8 Å². The number of carbonyl (C=O) groups excluding carboxylic acids is 1. The third-order valence-electron chi connectivity index (χ3n) is 8.63. The molecular formula is C32H31F2N7O2. The second-order valence-electron chi connectivity index (χ2n) is 11.6. The molecule has 3 aliphatic rings. The Labute approximate surface area is 246 Å². The number of aromatic nitrogens is 4. The van der Waals surface area contributed by atoms with Gasteiger partial charge in [0, 0.05) is 31.5 Å². The van der Waals surface area contributed by atoms with Crippen molar-refractivity contribution in [2.75, 3.05) is 29.9 Å². The lowest BCUT2D eigenvalue weighted by atomic mass is 10.00. The number of carbonyl (C=O) groups is 1. The van der Waals surface area contributed by atoms with Gasteiger partial charge in [0.05, 0.1) is 34.4 Å². The van der Waals surface area contributed by atoms with Crippen LogP contribution in [0.1, 0.15) is 43.9 Å². The van der Waals surface area contributed by atoms with Crippen LogP contribution < -0.4 is 15.9 Å². The van der Waals surface area contributed by atoms with Crippen molar-refractivity contribution in [2.24, 2.45) is 0 Å². The van der Waals surface area contributed by atoms with Gasteiger partial charge in [-0.3, -0.25) is 9.78 Å². The molecule has 2 aliphatic heterocycles. The Balaban J connectivity index is 1.53. The number of pyridine rings is 2. The third kappa shape index (κ3) is 4.36. The Kier molecular flexibility index (Phi) is 6.48. The van der Waals surface area contributed by atoms with Crippen molar-refractivity contribution in [3.63, 3.8) is 0 Å². The summed E-state index contributed by atoms with van der Waals surface area (Å²) in [6, 6.07) is 7.63. The molecule has 9 nitrogen and oxygen atoms in total. The number of aryl methyl sites for hydroxylation is 1. The predicted octanol–water partition coefficient (Wildman–Crippen LogP) is 4.58. The van der Waals surface area contributed by atoms with E-state index in [0.29, 0.717) is 67.2 Å². The van der Waals surface area contributed by atoms with Gasteiger partial charge in [-0.25, -0.2) is 23.1 Å². The minimum Gasteiger partial charge on any atom is -0.384 e. The van der Waals surface area contributed by atoms with Crippen molar-refractivity contribution >= 4 is 28.4 Å². The highest BCUT2D eigenvalue weighted by molar-refractivity contribution is 5.92. The van der Waals surface area contributed by atoms with Gasteiger partial charge in [0.1, 0.15) is 17.3 Å². The maximum absolute atomic E-state index is 16.1. The smallest absolute Gasteiger partial charge is 0.355 e. The number of anilines is 2. The Bertz CT molecular complexity index is 1870. The minimum absolute atomic E-state index is 0.00846. The van der Waals surface area contributed by atoms with Gasteiger partial charge >= 0.3 is 5.69 Å². The number of benzene rings is 1. The van der Waals surface area contributed by atoms with Crippen LogP contribution in [0.25, 0.3) is 28.0 Å². The first kappa shape index (κ1) is 27.2. The molecule has 43 heavy (non-hydrogen) atoms. The first-order valence-corrected chi connectivity index (χ1v) is 14.6. The van der Waals surface area contributed by atoms with Crippen LogP contribution in [0.5, 0.6) is 0 Å². The van der Waals surface area contributed by atoms with Crippen LogP contribution in [0.15, 0.2) is 54.0 Å². The maximum atomic E-state index is 16.1. The van der Waals surface area contributed by atoms with Crippen LogP contribution in [-0.2, 0) is 11.2 Å². The fourth-order valence-corrected chi connectivity index (χ4v) is 6.55. The molecule has 11 heteroatoms. The lowest BCUT2D eigenvalue weighted by molar-refractivity contribution is -0.126. The second kappa shape index (κ2) is 10.3. The third-order valence-corrected chi connectivity index (χ3v) is 8.63. The summed E-state index contributed by atoms with van der Waals surface area (Å²) in [5.74, 6) is -1.22. The van der Waals surface area contributed by atoms with E-state index < -0.39 is 17.3 Å². The van der Waals surface area contributed by atoms with Crippen molar-refractivity contribution in [3.8, 4) is 16.9 Å². The van der Waals surface area contributed by atoms with Crippen molar-refractivity contribution in [1.29, 1.82) is 0 Å². The predicted molar refractivity (Wildman–Crippen MR) is 161 cm³/mol. The number of piperazine rings is 1. The average molecular weight is 584 g/mol. The van der Waals surface area contributed by atoms with Crippen molar-refractivity contribution < 1.29 is 13.6 Å². The van der Waals surface area contributed by atoms with Gasteiger partial charge in [-0.1, -0.05) is 26.5 Å². The number of rotatable bonds is 3. The molecule has 2 bridgehead atoms. The minimum atomic E-state index is -0.728. The molecule has 2 fully saturated rings. The van der Waals surface area contributed by atoms with Crippen LogP contribution >= 0.6 is 0 Å². The van der Waals surface area contributed by atoms with Crippen LogP contribution in [0.2, 0.25) is 0 Å². The summed E-state index contributed by atoms with van der Waals surface area (Å²) in [5.41, 5.74) is 2.01. The Morgan fingerprint density at radius 2 is 1.98 bits per heavy atom. The Hall–Kier alpha value is -4.67. The second-order valence-corrected chi connectivity index (χ2v) is 11.6. The SMILES string of the molecule is C=CC(=O)N1CCN(c2nc(=O)n3c4nc(c(F)cc24)-c2c(F)cccc2NCCCc2ccnc(C(C)C)c2-3)[C@@H]2C[C@@H]21. The van der Waals surface area contributed by atoms with Gasteiger partial charge in [0.25, 0.3) is 0 Å². The molecule has 3 aromatic heterocycles. The number of fused-ring (bicyclic) bond motifs is 6.